The first-order valence-electron chi connectivity index (χ1n) is 19.4. The summed E-state index contributed by atoms with van der Waals surface area (Å²) in [5, 5.41) is 0. The second-order valence-electron chi connectivity index (χ2n) is 22.6. The van der Waals surface area contributed by atoms with Crippen molar-refractivity contribution < 1.29 is 0 Å². The molecule has 0 heterocycles. The van der Waals surface area contributed by atoms with E-state index in [1.807, 2.05) is 0 Å². The summed E-state index contributed by atoms with van der Waals surface area (Å²) in [5.74, 6) is 7.64. The highest BCUT2D eigenvalue weighted by Gasteiger charge is 2.76. The molecule has 8 bridgehead atoms. The van der Waals surface area contributed by atoms with Gasteiger partial charge in [-0.2, -0.15) is 0 Å². The SMILES string of the molecule is CC12CC3(C)CC(c4ccccc4C#C[Si](C)(C)C)(C1)CC(C14CC5(C)CC(C)(CC(c6ccccc6C#C[Si](C)(C)C)(C5)C1)C4)(C2)C3. The lowest BCUT2D eigenvalue weighted by atomic mass is 9.24. The van der Waals surface area contributed by atoms with Crippen LogP contribution < -0.4 is 0 Å². The van der Waals surface area contributed by atoms with Gasteiger partial charge in [0.2, 0.25) is 0 Å². The average Bonchev–Trinajstić information content (AvgIpc) is 2.91. The zero-order chi connectivity index (χ0) is 34.3. The van der Waals surface area contributed by atoms with Crippen LogP contribution in [-0.4, -0.2) is 16.1 Å². The minimum Gasteiger partial charge on any atom is -0.127 e. The van der Waals surface area contributed by atoms with E-state index in [9.17, 15) is 0 Å². The molecule has 0 aromatic heterocycles. The highest BCUT2D eigenvalue weighted by molar-refractivity contribution is 6.84. The molecule has 2 aromatic carbocycles. The molecule has 8 fully saturated rings. The maximum atomic E-state index is 3.82. The van der Waals surface area contributed by atoms with Gasteiger partial charge in [-0.3, -0.25) is 0 Å². The molecule has 0 N–H and O–H groups in total. The van der Waals surface area contributed by atoms with E-state index in [2.05, 4.69) is 138 Å². The molecule has 0 amide bonds. The Morgan fingerprint density at radius 1 is 0.417 bits per heavy atom. The summed E-state index contributed by atoms with van der Waals surface area (Å²) >= 11 is 0. The van der Waals surface area contributed by atoms with Gasteiger partial charge in [0.15, 0.2) is 0 Å². The lowest BCUT2D eigenvalue weighted by molar-refractivity contribution is -0.275. The topological polar surface area (TPSA) is 0 Å². The molecule has 10 rings (SSSR count). The molecule has 4 atom stereocenters. The monoisotopic (exact) mass is 670 g/mol. The van der Waals surface area contributed by atoms with E-state index in [0.717, 1.165) is 0 Å². The summed E-state index contributed by atoms with van der Waals surface area (Å²) in [7, 11) is -2.98. The van der Waals surface area contributed by atoms with Crippen molar-refractivity contribution in [2.24, 2.45) is 32.5 Å². The molecule has 0 saturated heterocycles. The van der Waals surface area contributed by atoms with Gasteiger partial charge in [-0.25, -0.2) is 0 Å². The molecular formula is C46H62Si2. The van der Waals surface area contributed by atoms with Gasteiger partial charge in [-0.05, 0) is 144 Å². The number of hydrogen-bond donors (Lipinski definition) is 0. The maximum absolute atomic E-state index is 3.82. The van der Waals surface area contributed by atoms with Gasteiger partial charge in [-0.1, -0.05) is 115 Å². The van der Waals surface area contributed by atoms with E-state index < -0.39 is 16.1 Å². The van der Waals surface area contributed by atoms with Crippen LogP contribution in [0.1, 0.15) is 127 Å². The third kappa shape index (κ3) is 5.21. The number of hydrogen-bond acceptors (Lipinski definition) is 0. The van der Waals surface area contributed by atoms with E-state index in [0.29, 0.717) is 32.5 Å². The molecule has 2 aromatic rings. The molecule has 8 saturated carbocycles. The van der Waals surface area contributed by atoms with Crippen molar-refractivity contribution in [2.75, 3.05) is 0 Å². The van der Waals surface area contributed by atoms with Crippen molar-refractivity contribution in [1.82, 2.24) is 0 Å². The molecule has 254 valence electrons. The standard InChI is InChI=1S/C46H62Si2/c1-39-23-40(2)26-43(25-39,37-17-13-11-15-35(37)19-21-47(5,6)7)33-45(29-39,30-40)46-31-41(3)24-42(4,32-46)28-44(27-41,34-46)38-18-14-12-16-36(38)20-22-48(8,9)10/h11-18H,23-34H2,1-10H3. The molecule has 8 aliphatic rings. The van der Waals surface area contributed by atoms with Crippen molar-refractivity contribution in [1.29, 1.82) is 0 Å². The van der Waals surface area contributed by atoms with Crippen LogP contribution in [0.15, 0.2) is 48.5 Å². The molecule has 2 heteroatoms. The third-order valence-corrected chi connectivity index (χ3v) is 16.2. The van der Waals surface area contributed by atoms with Crippen molar-refractivity contribution in [3.8, 4) is 22.9 Å². The Labute approximate surface area is 296 Å². The van der Waals surface area contributed by atoms with E-state index in [1.54, 1.807) is 11.1 Å². The second-order valence-corrected chi connectivity index (χ2v) is 32.1. The summed E-state index contributed by atoms with van der Waals surface area (Å²) in [6, 6.07) is 19.0. The van der Waals surface area contributed by atoms with Gasteiger partial charge < -0.3 is 0 Å². The Morgan fingerprint density at radius 2 is 0.729 bits per heavy atom. The van der Waals surface area contributed by atoms with E-state index in [1.165, 1.54) is 88.2 Å². The molecule has 8 aliphatic carbocycles. The highest BCUT2D eigenvalue weighted by Crippen LogP contribution is 2.85. The van der Waals surface area contributed by atoms with E-state index in [-0.39, 0.29) is 10.8 Å². The van der Waals surface area contributed by atoms with Crippen molar-refractivity contribution >= 4 is 16.1 Å². The molecule has 48 heavy (non-hydrogen) atoms. The van der Waals surface area contributed by atoms with Crippen molar-refractivity contribution in [2.45, 2.75) is 155 Å². The van der Waals surface area contributed by atoms with Crippen LogP contribution in [0, 0.1) is 55.4 Å². The summed E-state index contributed by atoms with van der Waals surface area (Å²) in [6.45, 7) is 25.3. The van der Waals surface area contributed by atoms with Gasteiger partial charge in [0.25, 0.3) is 0 Å². The van der Waals surface area contributed by atoms with Crippen LogP contribution in [0.5, 0.6) is 0 Å². The second kappa shape index (κ2) is 9.86. The largest absolute Gasteiger partial charge is 0.129 e. The van der Waals surface area contributed by atoms with Gasteiger partial charge in [0.05, 0.1) is 0 Å². The fraction of sp³-hybridized carbons (Fsp3) is 0.652. The Morgan fingerprint density at radius 3 is 1.04 bits per heavy atom. The van der Waals surface area contributed by atoms with E-state index >= 15 is 0 Å². The maximum Gasteiger partial charge on any atom is 0.129 e. The predicted molar refractivity (Wildman–Crippen MR) is 209 cm³/mol. The Bertz CT molecular complexity index is 1640. The van der Waals surface area contributed by atoms with Crippen molar-refractivity contribution in [3.05, 3.63) is 70.8 Å². The van der Waals surface area contributed by atoms with Crippen LogP contribution in [-0.2, 0) is 10.8 Å². The number of rotatable bonds is 3. The summed E-state index contributed by atoms with van der Waals surface area (Å²) < 4.78 is 0. The predicted octanol–water partition coefficient (Wildman–Crippen LogP) is 12.1. The summed E-state index contributed by atoms with van der Waals surface area (Å²) in [4.78, 5) is 0. The first-order valence-corrected chi connectivity index (χ1v) is 26.4. The van der Waals surface area contributed by atoms with Crippen LogP contribution in [0.3, 0.4) is 0 Å². The lowest BCUT2D eigenvalue weighted by Gasteiger charge is -2.80. The molecule has 0 aliphatic heterocycles. The molecular weight excluding hydrogens is 609 g/mol. The fourth-order valence-electron chi connectivity index (χ4n) is 15.7. The zero-order valence-electron chi connectivity index (χ0n) is 32.1. The van der Waals surface area contributed by atoms with Crippen LogP contribution in [0.4, 0.5) is 0 Å². The Balaban J connectivity index is 1.30. The summed E-state index contributed by atoms with van der Waals surface area (Å²) in [6.07, 6.45) is 16.8. The van der Waals surface area contributed by atoms with Gasteiger partial charge in [0.1, 0.15) is 16.1 Å². The molecule has 0 nitrogen and oxygen atoms in total. The minimum absolute atomic E-state index is 0.238. The van der Waals surface area contributed by atoms with Crippen LogP contribution in [0.25, 0.3) is 0 Å². The number of benzene rings is 2. The van der Waals surface area contributed by atoms with E-state index in [4.69, 9.17) is 0 Å². The normalized spacial score (nSPS) is 43.8. The quantitative estimate of drug-likeness (QED) is 0.225. The minimum atomic E-state index is -1.49. The first kappa shape index (κ1) is 33.2. The molecule has 0 radical (unpaired) electrons. The fourth-order valence-corrected chi connectivity index (χ4v) is 16.7. The molecule has 4 unspecified atom stereocenters. The van der Waals surface area contributed by atoms with Gasteiger partial charge in [0, 0.05) is 11.1 Å². The first-order chi connectivity index (χ1) is 22.1. The summed E-state index contributed by atoms with van der Waals surface area (Å²) in [5.41, 5.74) is 16.4. The zero-order valence-corrected chi connectivity index (χ0v) is 34.1. The average molecular weight is 671 g/mol. The smallest absolute Gasteiger partial charge is 0.127 e. The van der Waals surface area contributed by atoms with Crippen molar-refractivity contribution in [3.63, 3.8) is 0 Å². The van der Waals surface area contributed by atoms with Crippen LogP contribution >= 0.6 is 0 Å². The van der Waals surface area contributed by atoms with Crippen LogP contribution in [0.2, 0.25) is 39.3 Å². The Hall–Kier alpha value is -2.01. The third-order valence-electron chi connectivity index (χ3n) is 14.4. The van der Waals surface area contributed by atoms with Gasteiger partial charge in [-0.15, -0.1) is 11.1 Å². The van der Waals surface area contributed by atoms with Gasteiger partial charge >= 0.3 is 0 Å². The Kier molecular flexibility index (Phi) is 6.81. The lowest BCUT2D eigenvalue weighted by Crippen LogP contribution is -2.71. The highest BCUT2D eigenvalue weighted by atomic mass is 28.3. The molecule has 0 spiro atoms.